The van der Waals surface area contributed by atoms with Gasteiger partial charge in [0.1, 0.15) is 16.9 Å². The van der Waals surface area contributed by atoms with Gasteiger partial charge in [-0.05, 0) is 13.8 Å². The first-order valence-corrected chi connectivity index (χ1v) is 6.69. The Balaban J connectivity index is 2.20. The maximum Gasteiger partial charge on any atom is 0.316 e. The van der Waals surface area contributed by atoms with Crippen molar-refractivity contribution in [2.24, 2.45) is 7.05 Å². The smallest absolute Gasteiger partial charge is 0.316 e. The van der Waals surface area contributed by atoms with Crippen LogP contribution in [0.3, 0.4) is 0 Å². The summed E-state index contributed by atoms with van der Waals surface area (Å²) < 4.78 is 6.36. The summed E-state index contributed by atoms with van der Waals surface area (Å²) in [5.74, 6) is -0.175. The van der Waals surface area contributed by atoms with Gasteiger partial charge in [0.05, 0.1) is 11.9 Å². The van der Waals surface area contributed by atoms with E-state index in [-0.39, 0.29) is 23.4 Å². The zero-order valence-corrected chi connectivity index (χ0v) is 11.7. The molecule has 0 amide bonds. The second-order valence-electron chi connectivity index (χ2n) is 4.21. The number of aryl methyl sites for hydroxylation is 1. The summed E-state index contributed by atoms with van der Waals surface area (Å²) in [6.07, 6.45) is 1.17. The van der Waals surface area contributed by atoms with Crippen LogP contribution in [0, 0.1) is 0 Å². The minimum absolute atomic E-state index is 0.140. The lowest BCUT2D eigenvalue weighted by molar-refractivity contribution is -0.144. The predicted octanol–water partition coefficient (Wildman–Crippen LogP) is 0.700. The number of hydrogen-bond acceptors (Lipinski definition) is 6. The molecular weight excluding hydrogens is 268 g/mol. The van der Waals surface area contributed by atoms with Crippen molar-refractivity contribution in [3.63, 3.8) is 0 Å². The molecular formula is C11H14N4O3S. The van der Waals surface area contributed by atoms with E-state index >= 15 is 0 Å². The first-order chi connectivity index (χ1) is 8.99. The maximum atomic E-state index is 11.7. The van der Waals surface area contributed by atoms with Gasteiger partial charge in [0.15, 0.2) is 5.52 Å². The molecule has 0 fully saturated rings. The van der Waals surface area contributed by atoms with Crippen molar-refractivity contribution in [1.82, 2.24) is 19.7 Å². The zero-order valence-electron chi connectivity index (χ0n) is 10.8. The average molecular weight is 282 g/mol. The fraction of sp³-hybridized carbons (Fsp3) is 0.455. The van der Waals surface area contributed by atoms with E-state index in [1.165, 1.54) is 22.8 Å². The number of carbonyl (C=O) groups excluding carboxylic acids is 1. The molecule has 0 unspecified atom stereocenters. The van der Waals surface area contributed by atoms with Crippen molar-refractivity contribution in [3.8, 4) is 0 Å². The van der Waals surface area contributed by atoms with E-state index in [1.807, 2.05) is 0 Å². The van der Waals surface area contributed by atoms with Gasteiger partial charge in [-0.3, -0.25) is 19.4 Å². The summed E-state index contributed by atoms with van der Waals surface area (Å²) >= 11 is 1.21. The Morgan fingerprint density at radius 2 is 2.26 bits per heavy atom. The van der Waals surface area contributed by atoms with E-state index in [1.54, 1.807) is 20.9 Å². The van der Waals surface area contributed by atoms with Crippen LogP contribution in [0.4, 0.5) is 0 Å². The van der Waals surface area contributed by atoms with Gasteiger partial charge in [0.2, 0.25) is 0 Å². The quantitative estimate of drug-likeness (QED) is 0.504. The Bertz CT molecular complexity index is 661. The second kappa shape index (κ2) is 5.43. The monoisotopic (exact) mass is 282 g/mol. The van der Waals surface area contributed by atoms with Crippen LogP contribution in [0.5, 0.6) is 0 Å². The summed E-state index contributed by atoms with van der Waals surface area (Å²) in [7, 11) is 1.60. The van der Waals surface area contributed by atoms with Crippen molar-refractivity contribution in [2.75, 3.05) is 5.75 Å². The van der Waals surface area contributed by atoms with Gasteiger partial charge in [-0.25, -0.2) is 9.97 Å². The van der Waals surface area contributed by atoms with Crippen molar-refractivity contribution in [3.05, 3.63) is 16.7 Å². The molecule has 0 aliphatic carbocycles. The highest BCUT2D eigenvalue weighted by atomic mass is 32.2. The fourth-order valence-corrected chi connectivity index (χ4v) is 2.27. The number of nitrogens with one attached hydrogen (secondary N) is 1. The molecule has 2 aromatic heterocycles. The average Bonchev–Trinajstić information content (AvgIpc) is 2.63. The Morgan fingerprint density at radius 3 is 2.95 bits per heavy atom. The number of rotatable bonds is 4. The molecule has 0 saturated carbocycles. The fourth-order valence-electron chi connectivity index (χ4n) is 1.54. The third-order valence-corrected chi connectivity index (χ3v) is 3.26. The van der Waals surface area contributed by atoms with Crippen molar-refractivity contribution < 1.29 is 9.53 Å². The van der Waals surface area contributed by atoms with Gasteiger partial charge < -0.3 is 4.74 Å². The normalized spacial score (nSPS) is 11.2. The van der Waals surface area contributed by atoms with Crippen molar-refractivity contribution in [1.29, 1.82) is 0 Å². The van der Waals surface area contributed by atoms with E-state index in [4.69, 9.17) is 4.74 Å². The number of esters is 1. The molecule has 0 radical (unpaired) electrons. The van der Waals surface area contributed by atoms with Gasteiger partial charge >= 0.3 is 5.97 Å². The zero-order chi connectivity index (χ0) is 14.0. The Morgan fingerprint density at radius 1 is 1.53 bits per heavy atom. The molecule has 0 aliphatic heterocycles. The molecule has 102 valence electrons. The Kier molecular flexibility index (Phi) is 3.89. The number of carbonyl (C=O) groups is 1. The summed E-state index contributed by atoms with van der Waals surface area (Å²) in [6, 6.07) is 0. The number of H-pyrrole nitrogens is 1. The number of hydrogen-bond donors (Lipinski definition) is 1. The third kappa shape index (κ3) is 2.95. The van der Waals surface area contributed by atoms with Crippen LogP contribution in [0.1, 0.15) is 13.8 Å². The SMILES string of the molecule is CC(C)OC(=O)CSc1ncnc2c(=O)n(C)[nH]c12. The van der Waals surface area contributed by atoms with Crippen molar-refractivity contribution >= 4 is 28.8 Å². The van der Waals surface area contributed by atoms with Gasteiger partial charge in [0.25, 0.3) is 5.56 Å². The number of fused-ring (bicyclic) bond motifs is 1. The first kappa shape index (κ1) is 13.6. The highest BCUT2D eigenvalue weighted by molar-refractivity contribution is 8.00. The Labute approximate surface area is 113 Å². The largest absolute Gasteiger partial charge is 0.462 e. The molecule has 2 heterocycles. The van der Waals surface area contributed by atoms with Gasteiger partial charge in [-0.2, -0.15) is 0 Å². The molecule has 0 saturated heterocycles. The van der Waals surface area contributed by atoms with Gasteiger partial charge in [0, 0.05) is 7.05 Å². The number of aromatic nitrogens is 4. The van der Waals surface area contributed by atoms with Gasteiger partial charge in [-0.1, -0.05) is 11.8 Å². The van der Waals surface area contributed by atoms with Gasteiger partial charge in [-0.15, -0.1) is 0 Å². The molecule has 0 aliphatic rings. The highest BCUT2D eigenvalue weighted by Gasteiger charge is 2.13. The lowest BCUT2D eigenvalue weighted by atomic mass is 10.5. The van der Waals surface area contributed by atoms with Crippen LogP contribution in [0.25, 0.3) is 11.0 Å². The summed E-state index contributed by atoms with van der Waals surface area (Å²) in [5, 5.41) is 3.42. The van der Waals surface area contributed by atoms with Crippen LogP contribution >= 0.6 is 11.8 Å². The second-order valence-corrected chi connectivity index (χ2v) is 5.17. The van der Waals surface area contributed by atoms with Crippen LogP contribution < -0.4 is 5.56 Å². The molecule has 0 atom stereocenters. The van der Waals surface area contributed by atoms with E-state index in [0.29, 0.717) is 16.1 Å². The Hall–Kier alpha value is -1.83. The molecule has 8 heteroatoms. The molecule has 0 aromatic carbocycles. The van der Waals surface area contributed by atoms with Crippen LogP contribution in [-0.2, 0) is 16.6 Å². The molecule has 0 spiro atoms. The number of nitrogens with zero attached hydrogens (tertiary/aromatic N) is 3. The predicted molar refractivity (Wildman–Crippen MR) is 71.1 cm³/mol. The minimum Gasteiger partial charge on any atom is -0.462 e. The van der Waals surface area contributed by atoms with E-state index in [0.717, 1.165) is 0 Å². The molecule has 2 aromatic rings. The van der Waals surface area contributed by atoms with E-state index in [9.17, 15) is 9.59 Å². The third-order valence-electron chi connectivity index (χ3n) is 2.29. The van der Waals surface area contributed by atoms with Crippen LogP contribution in [0.15, 0.2) is 16.1 Å². The standard InChI is InChI=1S/C11H14N4O3S/c1-6(2)18-7(16)4-19-10-8-9(12-5-13-10)11(17)15(3)14-8/h5-6,14H,4H2,1-3H3. The molecule has 1 N–H and O–H groups in total. The maximum absolute atomic E-state index is 11.7. The lowest BCUT2D eigenvalue weighted by Gasteiger charge is -2.07. The summed E-state index contributed by atoms with van der Waals surface area (Å²) in [6.45, 7) is 3.58. The van der Waals surface area contributed by atoms with E-state index in [2.05, 4.69) is 15.1 Å². The van der Waals surface area contributed by atoms with Crippen LogP contribution in [0.2, 0.25) is 0 Å². The first-order valence-electron chi connectivity index (χ1n) is 5.71. The molecule has 7 nitrogen and oxygen atoms in total. The molecule has 19 heavy (non-hydrogen) atoms. The highest BCUT2D eigenvalue weighted by Crippen LogP contribution is 2.21. The number of ether oxygens (including phenoxy) is 1. The molecule has 2 rings (SSSR count). The topological polar surface area (TPSA) is 89.9 Å². The molecule has 0 bridgehead atoms. The number of thioether (sulfide) groups is 1. The lowest BCUT2D eigenvalue weighted by Crippen LogP contribution is -2.13. The minimum atomic E-state index is -0.315. The number of aromatic amines is 1. The van der Waals surface area contributed by atoms with Crippen LogP contribution in [-0.4, -0.2) is 37.6 Å². The van der Waals surface area contributed by atoms with E-state index < -0.39 is 0 Å². The summed E-state index contributed by atoms with van der Waals surface area (Å²) in [4.78, 5) is 31.2. The van der Waals surface area contributed by atoms with Crippen molar-refractivity contribution in [2.45, 2.75) is 25.0 Å². The summed E-state index contributed by atoms with van der Waals surface area (Å²) in [5.41, 5.74) is 0.638.